The Kier molecular flexibility index (Phi) is 6.75. The number of aromatic nitrogens is 1. The molecule has 5 nitrogen and oxygen atoms in total. The van der Waals surface area contributed by atoms with Crippen molar-refractivity contribution >= 4 is 15.6 Å². The molecule has 0 spiro atoms. The van der Waals surface area contributed by atoms with Crippen molar-refractivity contribution in [3.63, 3.8) is 0 Å². The van der Waals surface area contributed by atoms with Crippen LogP contribution in [0.25, 0.3) is 11.3 Å². The molecule has 2 aromatic rings. The van der Waals surface area contributed by atoms with Gasteiger partial charge in [-0.1, -0.05) is 35.8 Å². The Bertz CT molecular complexity index is 800. The summed E-state index contributed by atoms with van der Waals surface area (Å²) < 4.78 is 28.4. The molecule has 0 aliphatic rings. The first-order valence-corrected chi connectivity index (χ1v) is 10.6. The van der Waals surface area contributed by atoms with Crippen molar-refractivity contribution in [1.29, 1.82) is 0 Å². The van der Waals surface area contributed by atoms with E-state index in [4.69, 9.17) is 4.52 Å². The number of hydrogen-bond donors (Lipinski definition) is 0. The summed E-state index contributed by atoms with van der Waals surface area (Å²) in [5, 5.41) is 3.68. The Hall–Kier alpha value is -1.95. The summed E-state index contributed by atoms with van der Waals surface area (Å²) in [5.74, 6) is 1.07. The summed E-state index contributed by atoms with van der Waals surface area (Å²) in [5.41, 5.74) is 1.90. The van der Waals surface area contributed by atoms with E-state index in [-0.39, 0.29) is 11.5 Å². The van der Waals surface area contributed by atoms with E-state index in [9.17, 15) is 13.2 Å². The molecule has 0 N–H and O–H groups in total. The molecule has 142 valence electrons. The van der Waals surface area contributed by atoms with Crippen molar-refractivity contribution < 1.29 is 17.7 Å². The van der Waals surface area contributed by atoms with E-state index in [1.807, 2.05) is 24.3 Å². The fourth-order valence-corrected chi connectivity index (χ4v) is 3.76. The summed E-state index contributed by atoms with van der Waals surface area (Å²) in [6.45, 7) is 5.17. The van der Waals surface area contributed by atoms with Crippen LogP contribution in [0, 0.1) is 0 Å². The minimum absolute atomic E-state index is 0.177. The van der Waals surface area contributed by atoms with E-state index in [1.165, 1.54) is 0 Å². The zero-order chi connectivity index (χ0) is 19.2. The highest BCUT2D eigenvalue weighted by atomic mass is 32.2. The van der Waals surface area contributed by atoms with Crippen molar-refractivity contribution in [1.82, 2.24) is 5.16 Å². The Labute approximate surface area is 155 Å². The molecule has 0 bridgehead atoms. The number of Topliss-reactive ketones (excluding diaryl/α,β-unsaturated/α-hetero) is 1. The summed E-state index contributed by atoms with van der Waals surface area (Å²) in [6, 6.07) is 9.47. The van der Waals surface area contributed by atoms with Crippen LogP contribution in [-0.2, 0) is 21.1 Å². The lowest BCUT2D eigenvalue weighted by Crippen LogP contribution is -2.30. The third-order valence-corrected chi connectivity index (χ3v) is 7.07. The molecule has 6 heteroatoms. The highest BCUT2D eigenvalue weighted by molar-refractivity contribution is 7.92. The van der Waals surface area contributed by atoms with Crippen LogP contribution in [-0.4, -0.2) is 29.9 Å². The fourth-order valence-electron chi connectivity index (χ4n) is 2.56. The van der Waals surface area contributed by atoms with Crippen LogP contribution in [0.5, 0.6) is 0 Å². The molecule has 0 amide bonds. The largest absolute Gasteiger partial charge is 0.356 e. The third-order valence-electron chi connectivity index (χ3n) is 4.38. The summed E-state index contributed by atoms with van der Waals surface area (Å²) in [4.78, 5) is 12.1. The molecule has 0 radical (unpaired) electrons. The van der Waals surface area contributed by atoms with Crippen LogP contribution in [0.15, 0.2) is 41.1 Å². The number of hydrogen-bond acceptors (Lipinski definition) is 5. The van der Waals surface area contributed by atoms with Gasteiger partial charge in [-0.05, 0) is 39.2 Å². The van der Waals surface area contributed by atoms with Gasteiger partial charge in [0.2, 0.25) is 0 Å². The number of unbranched alkanes of at least 4 members (excludes halogenated alkanes) is 2. The van der Waals surface area contributed by atoms with E-state index >= 15 is 0 Å². The topological polar surface area (TPSA) is 77.2 Å². The normalized spacial score (nSPS) is 12.3. The van der Waals surface area contributed by atoms with Crippen molar-refractivity contribution in [3.8, 4) is 11.3 Å². The minimum atomic E-state index is -3.07. The molecule has 2 rings (SSSR count). The number of sulfone groups is 1. The van der Waals surface area contributed by atoms with Crippen molar-refractivity contribution in [2.45, 2.75) is 57.6 Å². The molecule has 1 aromatic carbocycles. The number of benzene rings is 1. The molecular formula is C20H27NO4S. The molecule has 0 atom stereocenters. The number of ketones is 1. The number of rotatable bonds is 9. The molecule has 0 aliphatic carbocycles. The van der Waals surface area contributed by atoms with Crippen LogP contribution in [0.1, 0.15) is 52.0 Å². The lowest BCUT2D eigenvalue weighted by atomic mass is 10.0. The Balaban J connectivity index is 1.71. The van der Waals surface area contributed by atoms with Gasteiger partial charge in [-0.2, -0.15) is 0 Å². The van der Waals surface area contributed by atoms with Gasteiger partial charge in [-0.25, -0.2) is 8.42 Å². The van der Waals surface area contributed by atoms with Gasteiger partial charge in [-0.15, -0.1) is 0 Å². The second-order valence-electron chi connectivity index (χ2n) is 7.53. The minimum Gasteiger partial charge on any atom is -0.356 e. The molecule has 1 heterocycles. The van der Waals surface area contributed by atoms with Crippen LogP contribution < -0.4 is 0 Å². The molecule has 0 fully saturated rings. The molecule has 1 aromatic heterocycles. The maximum atomic E-state index is 12.1. The standard InChI is InChI=1S/C20H27NO4S/c1-20(2,3)26(23,24)14-6-4-5-7-18(22)15-16-8-10-17(11-9-16)19-12-13-21-25-19/h8-13H,4-7,14-15H2,1-3H3. The zero-order valence-electron chi connectivity index (χ0n) is 15.7. The molecule has 26 heavy (non-hydrogen) atoms. The number of carbonyl (C=O) groups is 1. The summed E-state index contributed by atoms with van der Waals surface area (Å²) in [6.07, 6.45) is 4.58. The van der Waals surface area contributed by atoms with E-state index in [1.54, 1.807) is 33.0 Å². The van der Waals surface area contributed by atoms with Gasteiger partial charge in [0.15, 0.2) is 15.6 Å². The summed E-state index contributed by atoms with van der Waals surface area (Å²) >= 11 is 0. The Morgan fingerprint density at radius 2 is 1.73 bits per heavy atom. The van der Waals surface area contributed by atoms with Crippen LogP contribution in [0.2, 0.25) is 0 Å². The van der Waals surface area contributed by atoms with Gasteiger partial charge in [0, 0.05) is 24.5 Å². The average molecular weight is 378 g/mol. The highest BCUT2D eigenvalue weighted by Gasteiger charge is 2.27. The van der Waals surface area contributed by atoms with E-state index in [0.717, 1.165) is 24.0 Å². The monoisotopic (exact) mass is 377 g/mol. The first kappa shape index (κ1) is 20.4. The van der Waals surface area contributed by atoms with Crippen LogP contribution in [0.3, 0.4) is 0 Å². The van der Waals surface area contributed by atoms with Gasteiger partial charge >= 0.3 is 0 Å². The van der Waals surface area contributed by atoms with Gasteiger partial charge < -0.3 is 4.52 Å². The SMILES string of the molecule is CC(C)(C)S(=O)(=O)CCCCCC(=O)Cc1ccc(-c2ccno2)cc1. The lowest BCUT2D eigenvalue weighted by molar-refractivity contribution is -0.118. The van der Waals surface area contributed by atoms with Gasteiger partial charge in [-0.3, -0.25) is 4.79 Å². The maximum absolute atomic E-state index is 12.1. The predicted octanol–water partition coefficient (Wildman–Crippen LogP) is 4.23. The van der Waals surface area contributed by atoms with Crippen LogP contribution >= 0.6 is 0 Å². The lowest BCUT2D eigenvalue weighted by Gasteiger charge is -2.18. The van der Waals surface area contributed by atoms with Crippen LogP contribution in [0.4, 0.5) is 0 Å². The maximum Gasteiger partial charge on any atom is 0.166 e. The van der Waals surface area contributed by atoms with Gasteiger partial charge in [0.25, 0.3) is 0 Å². The summed E-state index contributed by atoms with van der Waals surface area (Å²) in [7, 11) is -3.07. The second kappa shape index (κ2) is 8.62. The second-order valence-corrected chi connectivity index (χ2v) is 10.4. The molecule has 0 unspecified atom stereocenters. The smallest absolute Gasteiger partial charge is 0.166 e. The fraction of sp³-hybridized carbons (Fsp3) is 0.500. The molecule has 0 saturated carbocycles. The first-order chi connectivity index (χ1) is 12.2. The van der Waals surface area contributed by atoms with Crippen molar-refractivity contribution in [2.24, 2.45) is 0 Å². The van der Waals surface area contributed by atoms with Gasteiger partial charge in [0.1, 0.15) is 5.78 Å². The first-order valence-electron chi connectivity index (χ1n) is 8.93. The Morgan fingerprint density at radius 1 is 1.04 bits per heavy atom. The van der Waals surface area contributed by atoms with Crippen molar-refractivity contribution in [3.05, 3.63) is 42.1 Å². The van der Waals surface area contributed by atoms with E-state index in [2.05, 4.69) is 5.16 Å². The predicted molar refractivity (Wildman–Crippen MR) is 103 cm³/mol. The quantitative estimate of drug-likeness (QED) is 0.611. The number of carbonyl (C=O) groups excluding carboxylic acids is 1. The molecular weight excluding hydrogens is 350 g/mol. The average Bonchev–Trinajstić information content (AvgIpc) is 3.08. The Morgan fingerprint density at radius 3 is 2.31 bits per heavy atom. The number of nitrogens with zero attached hydrogens (tertiary/aromatic N) is 1. The zero-order valence-corrected chi connectivity index (χ0v) is 16.5. The van der Waals surface area contributed by atoms with E-state index < -0.39 is 14.6 Å². The molecule has 0 saturated heterocycles. The van der Waals surface area contributed by atoms with Gasteiger partial charge in [0.05, 0.1) is 16.7 Å². The molecule has 0 aliphatic heterocycles. The van der Waals surface area contributed by atoms with E-state index in [0.29, 0.717) is 25.0 Å². The third kappa shape index (κ3) is 5.80. The van der Waals surface area contributed by atoms with Crippen molar-refractivity contribution in [2.75, 3.05) is 5.75 Å². The highest BCUT2D eigenvalue weighted by Crippen LogP contribution is 2.20.